The zero-order valence-electron chi connectivity index (χ0n) is 13.0. The lowest BCUT2D eigenvalue weighted by molar-refractivity contribution is -0.133. The third kappa shape index (κ3) is 3.05. The van der Waals surface area contributed by atoms with E-state index in [9.17, 15) is 4.79 Å². The first-order valence-electron chi connectivity index (χ1n) is 8.26. The Labute approximate surface area is 135 Å². The number of carbonyl (C=O) groups is 1. The number of hydrogen-bond acceptors (Lipinski definition) is 5. The molecule has 1 aromatic rings. The molecule has 0 unspecified atom stereocenters. The van der Waals surface area contributed by atoms with Crippen molar-refractivity contribution in [3.63, 3.8) is 0 Å². The normalized spacial score (nSPS) is 32.0. The molecule has 5 nitrogen and oxygen atoms in total. The Morgan fingerprint density at radius 2 is 2.36 bits per heavy atom. The number of aromatic nitrogens is 1. The first kappa shape index (κ1) is 14.6. The average Bonchev–Trinajstić information content (AvgIpc) is 3.07. The molecule has 1 saturated carbocycles. The average molecular weight is 321 g/mol. The first-order chi connectivity index (χ1) is 10.7. The number of likely N-dealkylation sites (tertiary alicyclic amines) is 1. The second kappa shape index (κ2) is 5.91. The minimum absolute atomic E-state index is 0.113. The zero-order chi connectivity index (χ0) is 15.1. The summed E-state index contributed by atoms with van der Waals surface area (Å²) in [5.74, 6) is 0.663. The summed E-state index contributed by atoms with van der Waals surface area (Å²) in [6, 6.07) is 0.421. The fourth-order valence-corrected chi connectivity index (χ4v) is 4.33. The van der Waals surface area contributed by atoms with Crippen molar-refractivity contribution in [2.45, 2.75) is 57.4 Å². The van der Waals surface area contributed by atoms with Crippen molar-refractivity contribution >= 4 is 17.2 Å². The maximum absolute atomic E-state index is 12.2. The third-order valence-electron chi connectivity index (χ3n) is 5.06. The Morgan fingerprint density at radius 1 is 1.50 bits per heavy atom. The van der Waals surface area contributed by atoms with E-state index in [1.165, 1.54) is 4.88 Å². The number of fused-ring (bicyclic) bond motifs is 1. The Kier molecular flexibility index (Phi) is 3.92. The summed E-state index contributed by atoms with van der Waals surface area (Å²) in [4.78, 5) is 20.3. The van der Waals surface area contributed by atoms with E-state index in [-0.39, 0.29) is 18.1 Å². The molecule has 0 aromatic carbocycles. The van der Waals surface area contributed by atoms with E-state index in [0.717, 1.165) is 51.0 Å². The highest BCUT2D eigenvalue weighted by atomic mass is 32.1. The Morgan fingerprint density at radius 3 is 3.09 bits per heavy atom. The van der Waals surface area contributed by atoms with Crippen molar-refractivity contribution in [3.05, 3.63) is 16.1 Å². The number of carbonyl (C=O) groups excluding carboxylic acids is 1. The molecule has 1 aromatic heterocycles. The van der Waals surface area contributed by atoms with Crippen LogP contribution in [0.5, 0.6) is 0 Å². The molecule has 0 radical (unpaired) electrons. The van der Waals surface area contributed by atoms with E-state index in [1.54, 1.807) is 11.3 Å². The largest absolute Gasteiger partial charge is 0.364 e. The van der Waals surface area contributed by atoms with Crippen LogP contribution in [0.2, 0.25) is 0 Å². The molecule has 4 rings (SSSR count). The predicted octanol–water partition coefficient (Wildman–Crippen LogP) is 1.71. The van der Waals surface area contributed by atoms with Gasteiger partial charge in [-0.25, -0.2) is 4.98 Å². The number of amides is 1. The summed E-state index contributed by atoms with van der Waals surface area (Å²) in [7, 11) is 0. The van der Waals surface area contributed by atoms with Gasteiger partial charge < -0.3 is 10.1 Å². The molecule has 2 aliphatic heterocycles. The molecule has 120 valence electrons. The molecule has 6 heteroatoms. The van der Waals surface area contributed by atoms with Crippen molar-refractivity contribution in [1.29, 1.82) is 0 Å². The van der Waals surface area contributed by atoms with Gasteiger partial charge in [0.15, 0.2) is 0 Å². The van der Waals surface area contributed by atoms with Crippen molar-refractivity contribution in [3.8, 4) is 0 Å². The number of nitrogens with one attached hydrogen (secondary N) is 1. The van der Waals surface area contributed by atoms with Gasteiger partial charge in [-0.1, -0.05) is 0 Å². The summed E-state index contributed by atoms with van der Waals surface area (Å²) in [5.41, 5.74) is 3.06. The van der Waals surface area contributed by atoms with Gasteiger partial charge in [0.2, 0.25) is 5.91 Å². The van der Waals surface area contributed by atoms with Gasteiger partial charge >= 0.3 is 0 Å². The van der Waals surface area contributed by atoms with Crippen LogP contribution in [0.25, 0.3) is 0 Å². The number of hydrogen-bond donors (Lipinski definition) is 1. The molecular weight excluding hydrogens is 298 g/mol. The van der Waals surface area contributed by atoms with Gasteiger partial charge in [0.05, 0.1) is 17.3 Å². The van der Waals surface area contributed by atoms with E-state index in [2.05, 4.69) is 22.1 Å². The minimum atomic E-state index is -0.222. The van der Waals surface area contributed by atoms with Gasteiger partial charge in [-0.2, -0.15) is 0 Å². The van der Waals surface area contributed by atoms with Gasteiger partial charge in [0, 0.05) is 24.0 Å². The predicted molar refractivity (Wildman–Crippen MR) is 84.7 cm³/mol. The van der Waals surface area contributed by atoms with Gasteiger partial charge in [-0.3, -0.25) is 9.69 Å². The fourth-order valence-electron chi connectivity index (χ4n) is 3.51. The lowest BCUT2D eigenvalue weighted by Gasteiger charge is -2.33. The lowest BCUT2D eigenvalue weighted by atomic mass is 9.91. The molecule has 0 bridgehead atoms. The number of rotatable bonds is 4. The molecule has 2 saturated heterocycles. The van der Waals surface area contributed by atoms with Crippen LogP contribution in [0.4, 0.5) is 0 Å². The smallest absolute Gasteiger partial charge is 0.249 e. The molecule has 1 aliphatic carbocycles. The second-order valence-electron chi connectivity index (χ2n) is 6.83. The van der Waals surface area contributed by atoms with Crippen LogP contribution in [0.1, 0.15) is 36.3 Å². The van der Waals surface area contributed by atoms with Crippen LogP contribution < -0.4 is 5.32 Å². The van der Waals surface area contributed by atoms with Crippen LogP contribution in [-0.4, -0.2) is 47.1 Å². The molecule has 3 heterocycles. The van der Waals surface area contributed by atoms with Gasteiger partial charge in [-0.15, -0.1) is 11.3 Å². The van der Waals surface area contributed by atoms with E-state index in [0.29, 0.717) is 12.0 Å². The molecule has 0 spiro atoms. The standard InChI is InChI=1S/C16H23N3O2S/c1-10-15(22-9-17-10)8-19-5-4-11-6-13(21-14(11)7-19)16(20)18-12-2-3-12/h9,11-14H,2-8H2,1H3,(H,18,20)/t11-,13+,14+/m1/s1. The molecule has 3 fully saturated rings. The molecule has 3 atom stereocenters. The van der Waals surface area contributed by atoms with Crippen LogP contribution in [0.15, 0.2) is 5.51 Å². The SMILES string of the molecule is Cc1ncsc1CN1CC[C@@H]2C[C@@H](C(=O)NC3CC3)O[C@H]2C1. The van der Waals surface area contributed by atoms with E-state index in [1.807, 2.05) is 5.51 Å². The molecule has 22 heavy (non-hydrogen) atoms. The Bertz CT molecular complexity index is 557. The van der Waals surface area contributed by atoms with Crippen molar-refractivity contribution in [1.82, 2.24) is 15.2 Å². The fraction of sp³-hybridized carbons (Fsp3) is 0.750. The van der Waals surface area contributed by atoms with Gasteiger partial charge in [0.1, 0.15) is 6.10 Å². The Hall–Kier alpha value is -0.980. The molecule has 1 amide bonds. The van der Waals surface area contributed by atoms with Gasteiger partial charge in [-0.05, 0) is 45.1 Å². The Balaban J connectivity index is 1.33. The topological polar surface area (TPSA) is 54.5 Å². The summed E-state index contributed by atoms with van der Waals surface area (Å²) in [6.45, 7) is 5.07. The summed E-state index contributed by atoms with van der Waals surface area (Å²) in [6.07, 6.45) is 4.30. The van der Waals surface area contributed by atoms with Crippen LogP contribution in [0, 0.1) is 12.8 Å². The number of aryl methyl sites for hydroxylation is 1. The van der Waals surface area contributed by atoms with Crippen LogP contribution in [0.3, 0.4) is 0 Å². The molecule has 3 aliphatic rings. The van der Waals surface area contributed by atoms with Crippen molar-refractivity contribution in [2.24, 2.45) is 5.92 Å². The van der Waals surface area contributed by atoms with E-state index >= 15 is 0 Å². The van der Waals surface area contributed by atoms with E-state index in [4.69, 9.17) is 4.74 Å². The monoisotopic (exact) mass is 321 g/mol. The zero-order valence-corrected chi connectivity index (χ0v) is 13.8. The minimum Gasteiger partial charge on any atom is -0.364 e. The number of piperidine rings is 1. The first-order valence-corrected chi connectivity index (χ1v) is 9.14. The summed E-state index contributed by atoms with van der Waals surface area (Å²) >= 11 is 1.73. The summed E-state index contributed by atoms with van der Waals surface area (Å²) < 4.78 is 6.07. The van der Waals surface area contributed by atoms with Crippen LogP contribution >= 0.6 is 11.3 Å². The third-order valence-corrected chi connectivity index (χ3v) is 5.98. The maximum Gasteiger partial charge on any atom is 0.249 e. The number of ether oxygens (including phenoxy) is 1. The molecular formula is C16H23N3O2S. The second-order valence-corrected chi connectivity index (χ2v) is 7.77. The lowest BCUT2D eigenvalue weighted by Crippen LogP contribution is -2.42. The van der Waals surface area contributed by atoms with E-state index < -0.39 is 0 Å². The van der Waals surface area contributed by atoms with Crippen molar-refractivity contribution < 1.29 is 9.53 Å². The highest BCUT2D eigenvalue weighted by Crippen LogP contribution is 2.34. The highest BCUT2D eigenvalue weighted by Gasteiger charge is 2.42. The highest BCUT2D eigenvalue weighted by molar-refractivity contribution is 7.09. The van der Waals surface area contributed by atoms with Crippen LogP contribution in [-0.2, 0) is 16.1 Å². The number of thiazole rings is 1. The van der Waals surface area contributed by atoms with Crippen molar-refractivity contribution in [2.75, 3.05) is 13.1 Å². The number of nitrogens with zero attached hydrogens (tertiary/aromatic N) is 2. The molecule has 1 N–H and O–H groups in total. The van der Waals surface area contributed by atoms with Gasteiger partial charge in [0.25, 0.3) is 0 Å². The summed E-state index contributed by atoms with van der Waals surface area (Å²) in [5, 5.41) is 3.08. The quantitative estimate of drug-likeness (QED) is 0.917. The maximum atomic E-state index is 12.2.